The first-order valence-corrected chi connectivity index (χ1v) is 9.64. The summed E-state index contributed by atoms with van der Waals surface area (Å²) in [5.74, 6) is -0.528. The third-order valence-corrected chi connectivity index (χ3v) is 6.31. The molecule has 3 rings (SSSR count). The highest BCUT2D eigenvalue weighted by Crippen LogP contribution is 2.36. The Morgan fingerprint density at radius 1 is 1.00 bits per heavy atom. The van der Waals surface area contributed by atoms with Crippen molar-refractivity contribution in [3.8, 4) is 0 Å². The average molecular weight is 356 g/mol. The fourth-order valence-electron chi connectivity index (χ4n) is 2.99. The van der Waals surface area contributed by atoms with Gasteiger partial charge in [-0.1, -0.05) is 60.7 Å². The van der Waals surface area contributed by atoms with E-state index >= 15 is 0 Å². The maximum atomic E-state index is 13.0. The molecule has 1 atom stereocenters. The quantitative estimate of drug-likeness (QED) is 0.846. The number of hydrogen-bond acceptors (Lipinski definition) is 4. The van der Waals surface area contributed by atoms with Gasteiger partial charge in [0.05, 0.1) is 6.54 Å². The van der Waals surface area contributed by atoms with Gasteiger partial charge in [-0.3, -0.25) is 9.79 Å². The summed E-state index contributed by atoms with van der Waals surface area (Å²) in [5, 5.41) is -1.05. The minimum absolute atomic E-state index is 0.0868. The van der Waals surface area contributed by atoms with Crippen LogP contribution >= 0.6 is 0 Å². The molecule has 5 nitrogen and oxygen atoms in total. The zero-order chi connectivity index (χ0) is 18.0. The van der Waals surface area contributed by atoms with Crippen molar-refractivity contribution in [2.45, 2.75) is 31.7 Å². The highest BCUT2D eigenvalue weighted by atomic mass is 32.2. The maximum Gasteiger partial charge on any atom is 0.283 e. The third kappa shape index (κ3) is 3.22. The largest absolute Gasteiger partial charge is 0.283 e. The van der Waals surface area contributed by atoms with E-state index in [4.69, 9.17) is 0 Å². The lowest BCUT2D eigenvalue weighted by molar-refractivity contribution is -0.120. The van der Waals surface area contributed by atoms with E-state index in [0.29, 0.717) is 5.56 Å². The third-order valence-electron chi connectivity index (χ3n) is 4.09. The normalized spacial score (nSPS) is 21.2. The van der Waals surface area contributed by atoms with Crippen LogP contribution in [0.15, 0.2) is 65.7 Å². The van der Waals surface area contributed by atoms with Crippen molar-refractivity contribution in [3.63, 3.8) is 0 Å². The smallest absolute Gasteiger partial charge is 0.277 e. The second-order valence-electron chi connectivity index (χ2n) is 6.22. The van der Waals surface area contributed by atoms with Crippen LogP contribution in [-0.4, -0.2) is 30.4 Å². The van der Waals surface area contributed by atoms with E-state index in [-0.39, 0.29) is 12.3 Å². The summed E-state index contributed by atoms with van der Waals surface area (Å²) < 4.78 is 26.9. The molecule has 0 aromatic heterocycles. The lowest BCUT2D eigenvalue weighted by Crippen LogP contribution is -2.37. The average Bonchev–Trinajstić information content (AvgIpc) is 2.79. The number of carbonyl (C=O) groups is 1. The topological polar surface area (TPSA) is 66.8 Å². The number of aliphatic imine (C=N–C) groups is 1. The molecule has 0 aliphatic carbocycles. The van der Waals surface area contributed by atoms with Crippen molar-refractivity contribution in [1.82, 2.24) is 4.31 Å². The molecule has 25 heavy (non-hydrogen) atoms. The van der Waals surface area contributed by atoms with E-state index in [9.17, 15) is 13.2 Å². The van der Waals surface area contributed by atoms with Gasteiger partial charge < -0.3 is 0 Å². The van der Waals surface area contributed by atoms with E-state index < -0.39 is 27.2 Å². The molecule has 0 spiro atoms. The van der Waals surface area contributed by atoms with Crippen LogP contribution in [-0.2, 0) is 21.4 Å². The Balaban J connectivity index is 2.08. The minimum atomic E-state index is -3.83. The molecule has 2 aromatic carbocycles. The Bertz CT molecular complexity index is 891. The molecule has 0 N–H and O–H groups in total. The van der Waals surface area contributed by atoms with Crippen LogP contribution in [0.25, 0.3) is 0 Å². The van der Waals surface area contributed by atoms with Gasteiger partial charge in [0.2, 0.25) is 0 Å². The summed E-state index contributed by atoms with van der Waals surface area (Å²) in [4.78, 5) is 17.2. The summed E-state index contributed by atoms with van der Waals surface area (Å²) in [7, 11) is -3.83. The van der Waals surface area contributed by atoms with E-state index in [1.165, 1.54) is 0 Å². The zero-order valence-corrected chi connectivity index (χ0v) is 15.0. The predicted molar refractivity (Wildman–Crippen MR) is 97.7 cm³/mol. The van der Waals surface area contributed by atoms with Gasteiger partial charge in [0, 0.05) is 6.04 Å². The van der Waals surface area contributed by atoms with Crippen molar-refractivity contribution in [2.75, 3.05) is 0 Å². The van der Waals surface area contributed by atoms with Crippen LogP contribution in [0, 0.1) is 0 Å². The SMILES string of the molecule is CC(C)N1C(=O)C(=NCc2ccccc2)C(c2ccccc2)S1(=O)=O. The number of benzene rings is 2. The molecule has 1 aliphatic heterocycles. The number of nitrogens with zero attached hydrogens (tertiary/aromatic N) is 2. The monoisotopic (exact) mass is 356 g/mol. The standard InChI is InChI=1S/C19H20N2O3S/c1-14(2)21-19(22)17(20-13-15-9-5-3-6-10-15)18(25(21,23)24)16-11-7-4-8-12-16/h3-12,14,18H,13H2,1-2H3. The van der Waals surface area contributed by atoms with Crippen molar-refractivity contribution >= 4 is 21.6 Å². The van der Waals surface area contributed by atoms with E-state index in [2.05, 4.69) is 4.99 Å². The molecule has 0 bridgehead atoms. The van der Waals surface area contributed by atoms with Crippen LogP contribution in [0.5, 0.6) is 0 Å². The van der Waals surface area contributed by atoms with E-state index in [1.807, 2.05) is 36.4 Å². The van der Waals surface area contributed by atoms with Gasteiger partial charge in [0.25, 0.3) is 15.9 Å². The van der Waals surface area contributed by atoms with Crippen LogP contribution in [0.1, 0.15) is 30.2 Å². The van der Waals surface area contributed by atoms with E-state index in [1.54, 1.807) is 38.1 Å². The molecule has 1 heterocycles. The zero-order valence-electron chi connectivity index (χ0n) is 14.2. The highest BCUT2D eigenvalue weighted by Gasteiger charge is 2.51. The van der Waals surface area contributed by atoms with Gasteiger partial charge in [-0.25, -0.2) is 12.7 Å². The van der Waals surface area contributed by atoms with Crippen LogP contribution in [0.2, 0.25) is 0 Å². The Kier molecular flexibility index (Phi) is 4.72. The van der Waals surface area contributed by atoms with Crippen molar-refractivity contribution in [3.05, 3.63) is 71.8 Å². The van der Waals surface area contributed by atoms with Crippen LogP contribution < -0.4 is 0 Å². The van der Waals surface area contributed by atoms with Gasteiger partial charge >= 0.3 is 0 Å². The first kappa shape index (κ1) is 17.4. The van der Waals surface area contributed by atoms with Crippen molar-refractivity contribution in [1.29, 1.82) is 0 Å². The second kappa shape index (κ2) is 6.80. The summed E-state index contributed by atoms with van der Waals surface area (Å²) in [6.45, 7) is 3.65. The van der Waals surface area contributed by atoms with Gasteiger partial charge in [-0.15, -0.1) is 0 Å². The van der Waals surface area contributed by atoms with Crippen molar-refractivity contribution < 1.29 is 13.2 Å². The molecule has 1 fully saturated rings. The Morgan fingerprint density at radius 3 is 2.12 bits per heavy atom. The Hall–Kier alpha value is -2.47. The number of sulfonamides is 1. The van der Waals surface area contributed by atoms with Crippen LogP contribution in [0.3, 0.4) is 0 Å². The lowest BCUT2D eigenvalue weighted by Gasteiger charge is -2.19. The minimum Gasteiger partial charge on any atom is -0.277 e. The molecule has 6 heteroatoms. The second-order valence-corrected chi connectivity index (χ2v) is 8.11. The summed E-state index contributed by atoms with van der Waals surface area (Å²) in [6.07, 6.45) is 0. The van der Waals surface area contributed by atoms with Crippen LogP contribution in [0.4, 0.5) is 0 Å². The highest BCUT2D eigenvalue weighted by molar-refractivity contribution is 7.91. The molecule has 1 aliphatic rings. The summed E-state index contributed by atoms with van der Waals surface area (Å²) in [6, 6.07) is 17.8. The van der Waals surface area contributed by atoms with Crippen molar-refractivity contribution in [2.24, 2.45) is 4.99 Å². The molecule has 1 saturated heterocycles. The van der Waals surface area contributed by atoms with Gasteiger partial charge in [-0.05, 0) is 25.0 Å². The number of hydrogen-bond donors (Lipinski definition) is 0. The molecule has 0 saturated carbocycles. The lowest BCUT2D eigenvalue weighted by atomic mass is 10.1. The van der Waals surface area contributed by atoms with Gasteiger partial charge in [-0.2, -0.15) is 0 Å². The molecule has 1 unspecified atom stereocenters. The van der Waals surface area contributed by atoms with E-state index in [0.717, 1.165) is 9.87 Å². The first-order valence-electron chi connectivity index (χ1n) is 8.13. The summed E-state index contributed by atoms with van der Waals surface area (Å²) in [5.41, 5.74) is 1.57. The molecule has 2 aromatic rings. The molecule has 0 radical (unpaired) electrons. The van der Waals surface area contributed by atoms with Gasteiger partial charge in [0.15, 0.2) is 5.25 Å². The van der Waals surface area contributed by atoms with Gasteiger partial charge in [0.1, 0.15) is 5.71 Å². The number of amides is 1. The Labute approximate surface area is 148 Å². The summed E-state index contributed by atoms with van der Waals surface area (Å²) >= 11 is 0. The maximum absolute atomic E-state index is 13.0. The number of carbonyl (C=O) groups excluding carboxylic acids is 1. The fourth-order valence-corrected chi connectivity index (χ4v) is 5.09. The molecule has 1 amide bonds. The molecular formula is C19H20N2O3S. The molecule has 130 valence electrons. The number of rotatable bonds is 4. The first-order chi connectivity index (χ1) is 11.9. The predicted octanol–water partition coefficient (Wildman–Crippen LogP) is 2.95. The fraction of sp³-hybridized carbons (Fsp3) is 0.263. The Morgan fingerprint density at radius 2 is 1.56 bits per heavy atom. The molecular weight excluding hydrogens is 336 g/mol.